The van der Waals surface area contributed by atoms with Crippen molar-refractivity contribution in [3.8, 4) is 0 Å². The normalized spacial score (nSPS) is 10.2. The van der Waals surface area contributed by atoms with E-state index in [0.29, 0.717) is 21.5 Å². The smallest absolute Gasteiger partial charge is 0.273 e. The van der Waals surface area contributed by atoms with Gasteiger partial charge in [0.1, 0.15) is 4.60 Å². The molecule has 0 fully saturated rings. The Hall–Kier alpha value is -2.28. The van der Waals surface area contributed by atoms with Crippen LogP contribution in [-0.4, -0.2) is 15.8 Å². The van der Waals surface area contributed by atoms with Crippen molar-refractivity contribution in [2.24, 2.45) is 0 Å². The molecule has 0 saturated heterocycles. The van der Waals surface area contributed by atoms with Gasteiger partial charge in [0, 0.05) is 17.2 Å². The standard InChI is InChI=1S/C14H12BrN3O3/c1-8-10(4-3-5-12(8)18(20)21)14(19)17-11-6-7-13(15)16-9(11)2/h3-7H,1-2H3,(H,17,19). The number of rotatable bonds is 3. The molecule has 7 heteroatoms. The maximum absolute atomic E-state index is 12.3. The summed E-state index contributed by atoms with van der Waals surface area (Å²) in [6, 6.07) is 7.85. The number of aromatic nitrogens is 1. The summed E-state index contributed by atoms with van der Waals surface area (Å²) >= 11 is 3.25. The fraction of sp³-hybridized carbons (Fsp3) is 0.143. The first-order valence-electron chi connectivity index (χ1n) is 6.08. The van der Waals surface area contributed by atoms with Gasteiger partial charge in [-0.25, -0.2) is 4.98 Å². The molecule has 0 unspecified atom stereocenters. The van der Waals surface area contributed by atoms with Gasteiger partial charge in [-0.3, -0.25) is 14.9 Å². The molecule has 0 saturated carbocycles. The Morgan fingerprint density at radius 1 is 1.29 bits per heavy atom. The molecule has 0 spiro atoms. The van der Waals surface area contributed by atoms with E-state index in [2.05, 4.69) is 26.2 Å². The maximum atomic E-state index is 12.3. The van der Waals surface area contributed by atoms with Crippen LogP contribution in [0.3, 0.4) is 0 Å². The summed E-state index contributed by atoms with van der Waals surface area (Å²) < 4.78 is 0.671. The topological polar surface area (TPSA) is 85.1 Å². The minimum atomic E-state index is -0.501. The van der Waals surface area contributed by atoms with Crippen molar-refractivity contribution in [2.45, 2.75) is 13.8 Å². The summed E-state index contributed by atoms with van der Waals surface area (Å²) in [6.07, 6.45) is 0. The van der Waals surface area contributed by atoms with E-state index in [9.17, 15) is 14.9 Å². The largest absolute Gasteiger partial charge is 0.320 e. The highest BCUT2D eigenvalue weighted by Gasteiger charge is 2.18. The average molecular weight is 350 g/mol. The molecule has 1 amide bonds. The fourth-order valence-corrected chi connectivity index (χ4v) is 2.32. The van der Waals surface area contributed by atoms with Crippen LogP contribution in [0.5, 0.6) is 0 Å². The van der Waals surface area contributed by atoms with Crippen LogP contribution in [0.1, 0.15) is 21.6 Å². The molecule has 0 aliphatic carbocycles. The minimum Gasteiger partial charge on any atom is -0.320 e. The van der Waals surface area contributed by atoms with Gasteiger partial charge in [0.15, 0.2) is 0 Å². The van der Waals surface area contributed by atoms with E-state index >= 15 is 0 Å². The number of nitro benzene ring substituents is 1. The summed E-state index contributed by atoms with van der Waals surface area (Å²) in [5.74, 6) is -0.400. The van der Waals surface area contributed by atoms with Crippen molar-refractivity contribution < 1.29 is 9.72 Å². The lowest BCUT2D eigenvalue weighted by Crippen LogP contribution is -2.15. The van der Waals surface area contributed by atoms with Crippen molar-refractivity contribution in [2.75, 3.05) is 5.32 Å². The van der Waals surface area contributed by atoms with E-state index in [1.165, 1.54) is 12.1 Å². The predicted octanol–water partition coefficient (Wildman–Crippen LogP) is 3.62. The third-order valence-electron chi connectivity index (χ3n) is 3.05. The molecule has 0 atom stereocenters. The summed E-state index contributed by atoms with van der Waals surface area (Å²) in [7, 11) is 0. The van der Waals surface area contributed by atoms with Crippen molar-refractivity contribution in [3.63, 3.8) is 0 Å². The number of nitrogens with zero attached hydrogens (tertiary/aromatic N) is 2. The monoisotopic (exact) mass is 349 g/mol. The van der Waals surface area contributed by atoms with Crippen molar-refractivity contribution in [3.05, 3.63) is 61.9 Å². The lowest BCUT2D eigenvalue weighted by atomic mass is 10.1. The first-order valence-corrected chi connectivity index (χ1v) is 6.88. The van der Waals surface area contributed by atoms with Gasteiger partial charge >= 0.3 is 0 Å². The van der Waals surface area contributed by atoms with Crippen molar-refractivity contribution >= 4 is 33.2 Å². The molecule has 1 aromatic heterocycles. The molecule has 0 radical (unpaired) electrons. The molecule has 1 N–H and O–H groups in total. The molecule has 2 rings (SSSR count). The second kappa shape index (κ2) is 6.01. The summed E-state index contributed by atoms with van der Waals surface area (Å²) in [6.45, 7) is 3.32. The minimum absolute atomic E-state index is 0.0756. The second-order valence-corrected chi connectivity index (χ2v) is 5.24. The zero-order valence-electron chi connectivity index (χ0n) is 11.4. The molecular weight excluding hydrogens is 338 g/mol. The molecular formula is C14H12BrN3O3. The number of nitrogens with one attached hydrogen (secondary N) is 1. The van der Waals surface area contributed by atoms with Gasteiger partial charge < -0.3 is 5.32 Å². The first kappa shape index (κ1) is 15.1. The third-order valence-corrected chi connectivity index (χ3v) is 3.49. The van der Waals surface area contributed by atoms with Gasteiger partial charge in [0.2, 0.25) is 0 Å². The first-order chi connectivity index (χ1) is 9.90. The molecule has 0 aliphatic heterocycles. The van der Waals surface area contributed by atoms with Crippen LogP contribution in [0, 0.1) is 24.0 Å². The van der Waals surface area contributed by atoms with Crippen LogP contribution in [0.15, 0.2) is 34.9 Å². The van der Waals surface area contributed by atoms with Crippen LogP contribution in [0.25, 0.3) is 0 Å². The Morgan fingerprint density at radius 2 is 2.00 bits per heavy atom. The highest BCUT2D eigenvalue weighted by atomic mass is 79.9. The van der Waals surface area contributed by atoms with Gasteiger partial charge in [-0.15, -0.1) is 0 Å². The highest BCUT2D eigenvalue weighted by Crippen LogP contribution is 2.23. The lowest BCUT2D eigenvalue weighted by Gasteiger charge is -2.10. The van der Waals surface area contributed by atoms with E-state index in [1.54, 1.807) is 32.0 Å². The Kier molecular flexibility index (Phi) is 4.32. The Labute approximate surface area is 129 Å². The SMILES string of the molecule is Cc1nc(Br)ccc1NC(=O)c1cccc([N+](=O)[O-])c1C. The van der Waals surface area contributed by atoms with Gasteiger partial charge in [0.05, 0.1) is 16.3 Å². The van der Waals surface area contributed by atoms with Crippen LogP contribution in [0.2, 0.25) is 0 Å². The van der Waals surface area contributed by atoms with Gasteiger partial charge in [-0.05, 0) is 48.0 Å². The van der Waals surface area contributed by atoms with Crippen LogP contribution < -0.4 is 5.32 Å². The quantitative estimate of drug-likeness (QED) is 0.520. The molecule has 0 bridgehead atoms. The number of aryl methyl sites for hydroxylation is 1. The number of benzene rings is 1. The number of anilines is 1. The van der Waals surface area contributed by atoms with E-state index in [1.807, 2.05) is 0 Å². The Bertz CT molecular complexity index is 731. The van der Waals surface area contributed by atoms with Gasteiger partial charge in [-0.1, -0.05) is 6.07 Å². The van der Waals surface area contributed by atoms with Gasteiger partial charge in [0.25, 0.3) is 11.6 Å². The number of carbonyl (C=O) groups is 1. The maximum Gasteiger partial charge on any atom is 0.273 e. The van der Waals surface area contributed by atoms with Crippen molar-refractivity contribution in [1.82, 2.24) is 4.98 Å². The highest BCUT2D eigenvalue weighted by molar-refractivity contribution is 9.10. The Balaban J connectivity index is 2.33. The summed E-state index contributed by atoms with van der Waals surface area (Å²) in [5, 5.41) is 13.6. The average Bonchev–Trinajstić information content (AvgIpc) is 2.41. The van der Waals surface area contributed by atoms with E-state index in [4.69, 9.17) is 0 Å². The molecule has 0 aliphatic rings. The zero-order chi connectivity index (χ0) is 15.6. The molecule has 6 nitrogen and oxygen atoms in total. The predicted molar refractivity (Wildman–Crippen MR) is 82.5 cm³/mol. The number of pyridine rings is 1. The molecule has 2 aromatic rings. The van der Waals surface area contributed by atoms with E-state index < -0.39 is 10.8 Å². The summed E-state index contributed by atoms with van der Waals surface area (Å²) in [4.78, 5) is 26.9. The zero-order valence-corrected chi connectivity index (χ0v) is 13.0. The number of hydrogen-bond acceptors (Lipinski definition) is 4. The molecule has 1 aromatic carbocycles. The van der Waals surface area contributed by atoms with Crippen LogP contribution in [-0.2, 0) is 0 Å². The van der Waals surface area contributed by atoms with E-state index in [-0.39, 0.29) is 11.3 Å². The number of carbonyl (C=O) groups excluding carboxylic acids is 1. The lowest BCUT2D eigenvalue weighted by molar-refractivity contribution is -0.385. The Morgan fingerprint density at radius 3 is 2.62 bits per heavy atom. The molecule has 108 valence electrons. The number of nitro groups is 1. The number of halogens is 1. The van der Waals surface area contributed by atoms with Crippen LogP contribution in [0.4, 0.5) is 11.4 Å². The third kappa shape index (κ3) is 3.25. The molecule has 21 heavy (non-hydrogen) atoms. The van der Waals surface area contributed by atoms with Gasteiger partial charge in [-0.2, -0.15) is 0 Å². The number of amides is 1. The summed E-state index contributed by atoms with van der Waals surface area (Å²) in [5.41, 5.74) is 1.75. The van der Waals surface area contributed by atoms with E-state index in [0.717, 1.165) is 0 Å². The van der Waals surface area contributed by atoms with Crippen LogP contribution >= 0.6 is 15.9 Å². The second-order valence-electron chi connectivity index (χ2n) is 4.43. The van der Waals surface area contributed by atoms with Crippen molar-refractivity contribution in [1.29, 1.82) is 0 Å². The molecule has 1 heterocycles. The fourth-order valence-electron chi connectivity index (χ4n) is 1.92. The number of hydrogen-bond donors (Lipinski definition) is 1.